The van der Waals surface area contributed by atoms with E-state index in [1.165, 1.54) is 0 Å². The molecule has 47 valence electrons. The summed E-state index contributed by atoms with van der Waals surface area (Å²) >= 11 is 3.82. The molecule has 0 fully saturated rings. The summed E-state index contributed by atoms with van der Waals surface area (Å²) < 4.78 is 4.48. The molecule has 0 saturated heterocycles. The summed E-state index contributed by atoms with van der Waals surface area (Å²) in [7, 11) is 0. The summed E-state index contributed by atoms with van der Waals surface area (Å²) in [5.74, 6) is -0.316. The van der Waals surface area contributed by atoms with E-state index >= 15 is 0 Å². The maximum Gasteiger partial charge on any atom is 0.318 e. The highest BCUT2D eigenvalue weighted by Crippen LogP contribution is 1.94. The van der Waals surface area contributed by atoms with Crippen molar-refractivity contribution >= 4 is 18.6 Å². The van der Waals surface area contributed by atoms with Crippen molar-refractivity contribution in [3.8, 4) is 0 Å². The number of esters is 1. The number of hydrogen-bond acceptors (Lipinski definition) is 3. The lowest BCUT2D eigenvalue weighted by molar-refractivity contribution is -0.141. The van der Waals surface area contributed by atoms with Gasteiger partial charge in [-0.15, -0.1) is 0 Å². The van der Waals surface area contributed by atoms with E-state index in [4.69, 9.17) is 0 Å². The molecular weight excluding hydrogens is 124 g/mol. The minimum Gasteiger partial charge on any atom is -0.465 e. The highest BCUT2D eigenvalue weighted by atomic mass is 32.1. The van der Waals surface area contributed by atoms with Crippen molar-refractivity contribution in [1.29, 1.82) is 0 Å². The fraction of sp³-hybridized carbons (Fsp3) is 0.600. The third-order valence-corrected chi connectivity index (χ3v) is 0.796. The molecule has 0 aromatic carbocycles. The van der Waals surface area contributed by atoms with Crippen molar-refractivity contribution in [3.63, 3.8) is 0 Å². The maximum absolute atomic E-state index is 10.4. The zero-order valence-electron chi connectivity index (χ0n) is 4.76. The lowest BCUT2D eigenvalue weighted by Crippen LogP contribution is -2.13. The molecule has 0 aliphatic heterocycles. The number of hydrogen-bond donors (Lipinski definition) is 1. The fourth-order valence-corrected chi connectivity index (χ4v) is 0.296. The Kier molecular flexibility index (Phi) is 3.69. The molecule has 0 spiro atoms. The molecule has 0 N–H and O–H groups in total. The van der Waals surface area contributed by atoms with Gasteiger partial charge in [-0.1, -0.05) is 0 Å². The Labute approximate surface area is 54.6 Å². The van der Waals surface area contributed by atoms with Crippen LogP contribution >= 0.6 is 12.6 Å². The van der Waals surface area contributed by atoms with E-state index in [0.29, 0.717) is 0 Å². The number of ether oxygens (including phenoxy) is 1. The van der Waals surface area contributed by atoms with Gasteiger partial charge in [-0.05, 0) is 13.8 Å². The van der Waals surface area contributed by atoms with Gasteiger partial charge in [-0.2, -0.15) is 12.6 Å². The minimum atomic E-state index is -0.336. The Morgan fingerprint density at radius 1 is 2.00 bits per heavy atom. The van der Waals surface area contributed by atoms with Gasteiger partial charge in [-0.25, -0.2) is 0 Å². The second-order valence-corrected chi connectivity index (χ2v) is 2.12. The van der Waals surface area contributed by atoms with Gasteiger partial charge < -0.3 is 4.74 Å². The lowest BCUT2D eigenvalue weighted by atomic mass is 10.5. The molecule has 0 heterocycles. The molecule has 0 saturated carbocycles. The smallest absolute Gasteiger partial charge is 0.318 e. The van der Waals surface area contributed by atoms with Crippen LogP contribution < -0.4 is 0 Å². The fourth-order valence-electron chi connectivity index (χ4n) is 0.221. The quantitative estimate of drug-likeness (QED) is 0.443. The largest absolute Gasteiger partial charge is 0.465 e. The van der Waals surface area contributed by atoms with Crippen molar-refractivity contribution in [2.45, 2.75) is 12.2 Å². The molecule has 0 aliphatic carbocycles. The normalized spacial score (nSPS) is 12.9. The summed E-state index contributed by atoms with van der Waals surface area (Å²) in [6.07, 6.45) is 0. The predicted octanol–water partition coefficient (Wildman–Crippen LogP) is 0.682. The summed E-state index contributed by atoms with van der Waals surface area (Å²) in [6, 6.07) is 0. The molecule has 1 atom stereocenters. The average Bonchev–Trinajstić information content (AvgIpc) is 1.67. The summed E-state index contributed by atoms with van der Waals surface area (Å²) in [4.78, 5) is 10.4. The van der Waals surface area contributed by atoms with Gasteiger partial charge in [0.25, 0.3) is 0 Å². The van der Waals surface area contributed by atoms with E-state index in [0.717, 1.165) is 0 Å². The van der Waals surface area contributed by atoms with Crippen LogP contribution in [0.3, 0.4) is 0 Å². The van der Waals surface area contributed by atoms with Crippen molar-refractivity contribution in [2.24, 2.45) is 0 Å². The number of thiol groups is 1. The summed E-state index contributed by atoms with van der Waals surface area (Å²) in [6.45, 7) is 5.17. The first-order chi connectivity index (χ1) is 3.68. The predicted molar refractivity (Wildman–Crippen MR) is 34.8 cm³/mol. The van der Waals surface area contributed by atoms with Gasteiger partial charge in [0.05, 0.1) is 11.9 Å². The third-order valence-electron chi connectivity index (χ3n) is 0.585. The molecule has 0 amide bonds. The lowest BCUT2D eigenvalue weighted by Gasteiger charge is -2.01. The number of carbonyl (C=O) groups excluding carboxylic acids is 1. The Hall–Kier alpha value is -0.180. The van der Waals surface area contributed by atoms with Gasteiger partial charge >= 0.3 is 5.97 Å². The van der Waals surface area contributed by atoms with Crippen LogP contribution in [0.25, 0.3) is 0 Å². The standard InChI is InChI=1S/C5H9O2S/c1-3-7-5(6)4(2)8/h4,8H,1,3H2,2H3. The molecule has 1 unspecified atom stereocenters. The minimum absolute atomic E-state index is 0.184. The molecule has 0 rings (SSSR count). The molecule has 8 heavy (non-hydrogen) atoms. The van der Waals surface area contributed by atoms with Gasteiger partial charge in [0.15, 0.2) is 0 Å². The molecule has 0 bridgehead atoms. The summed E-state index contributed by atoms with van der Waals surface area (Å²) in [5, 5.41) is -0.336. The first-order valence-electron chi connectivity index (χ1n) is 2.32. The van der Waals surface area contributed by atoms with E-state index in [2.05, 4.69) is 24.3 Å². The number of rotatable bonds is 2. The highest BCUT2D eigenvalue weighted by Gasteiger charge is 2.06. The molecule has 1 radical (unpaired) electrons. The van der Waals surface area contributed by atoms with Crippen LogP contribution in [-0.4, -0.2) is 17.8 Å². The molecule has 2 nitrogen and oxygen atoms in total. The van der Waals surface area contributed by atoms with Crippen LogP contribution in [0.5, 0.6) is 0 Å². The van der Waals surface area contributed by atoms with Crippen LogP contribution in [0.2, 0.25) is 0 Å². The molecule has 0 aromatic rings. The van der Waals surface area contributed by atoms with Crippen LogP contribution in [-0.2, 0) is 9.53 Å². The first kappa shape index (κ1) is 7.82. The molecule has 3 heteroatoms. The van der Waals surface area contributed by atoms with Crippen molar-refractivity contribution < 1.29 is 9.53 Å². The van der Waals surface area contributed by atoms with Crippen LogP contribution in [0.1, 0.15) is 6.92 Å². The Morgan fingerprint density at radius 3 is 2.62 bits per heavy atom. The molecule has 0 aliphatic rings. The van der Waals surface area contributed by atoms with Crippen molar-refractivity contribution in [2.75, 3.05) is 6.61 Å². The molecular formula is C5H9O2S. The van der Waals surface area contributed by atoms with Crippen LogP contribution in [0.4, 0.5) is 0 Å². The van der Waals surface area contributed by atoms with Crippen molar-refractivity contribution in [3.05, 3.63) is 6.92 Å². The first-order valence-corrected chi connectivity index (χ1v) is 2.84. The van der Waals surface area contributed by atoms with E-state index in [9.17, 15) is 4.79 Å². The zero-order chi connectivity index (χ0) is 6.57. The number of carbonyl (C=O) groups is 1. The summed E-state index contributed by atoms with van der Waals surface area (Å²) in [5.41, 5.74) is 0. The van der Waals surface area contributed by atoms with E-state index in [-0.39, 0.29) is 17.8 Å². The highest BCUT2D eigenvalue weighted by molar-refractivity contribution is 7.81. The van der Waals surface area contributed by atoms with E-state index in [1.807, 2.05) is 0 Å². The maximum atomic E-state index is 10.4. The average molecular weight is 133 g/mol. The SMILES string of the molecule is [CH2]COC(=O)C(C)S. The van der Waals surface area contributed by atoms with E-state index in [1.54, 1.807) is 6.92 Å². The Bertz CT molecular complexity index is 80.5. The van der Waals surface area contributed by atoms with E-state index < -0.39 is 0 Å². The van der Waals surface area contributed by atoms with Crippen LogP contribution in [0, 0.1) is 6.92 Å². The van der Waals surface area contributed by atoms with Crippen molar-refractivity contribution in [1.82, 2.24) is 0 Å². The second-order valence-electron chi connectivity index (χ2n) is 1.34. The molecule has 0 aromatic heterocycles. The Morgan fingerprint density at radius 2 is 2.50 bits per heavy atom. The van der Waals surface area contributed by atoms with Gasteiger partial charge in [-0.3, -0.25) is 4.79 Å². The van der Waals surface area contributed by atoms with Gasteiger partial charge in [0, 0.05) is 0 Å². The third kappa shape index (κ3) is 2.91. The zero-order valence-corrected chi connectivity index (χ0v) is 5.65. The monoisotopic (exact) mass is 133 g/mol. The Balaban J connectivity index is 3.33. The second kappa shape index (κ2) is 3.78. The van der Waals surface area contributed by atoms with Crippen LogP contribution in [0.15, 0.2) is 0 Å². The topological polar surface area (TPSA) is 26.3 Å². The van der Waals surface area contributed by atoms with Gasteiger partial charge in [0.2, 0.25) is 0 Å². The van der Waals surface area contributed by atoms with Gasteiger partial charge in [0.1, 0.15) is 0 Å².